The van der Waals surface area contributed by atoms with E-state index in [1.54, 1.807) is 7.11 Å². The van der Waals surface area contributed by atoms with Crippen molar-refractivity contribution in [2.24, 2.45) is 5.92 Å². The molecule has 0 radical (unpaired) electrons. The maximum Gasteiger partial charge on any atom is 0.0587 e. The molecular weight excluding hydrogens is 236 g/mol. The third kappa shape index (κ3) is 7.28. The topological polar surface area (TPSA) is 24.5 Å². The van der Waals surface area contributed by atoms with Gasteiger partial charge >= 0.3 is 0 Å². The van der Waals surface area contributed by atoms with Crippen LogP contribution in [0.15, 0.2) is 0 Å². The Morgan fingerprint density at radius 2 is 1.84 bits per heavy atom. The van der Waals surface area contributed by atoms with Gasteiger partial charge in [0.1, 0.15) is 0 Å². The molecule has 19 heavy (non-hydrogen) atoms. The van der Waals surface area contributed by atoms with E-state index in [9.17, 15) is 0 Å². The molecule has 3 nitrogen and oxygen atoms in total. The molecule has 3 heteroatoms. The number of hydrogen-bond acceptors (Lipinski definition) is 3. The van der Waals surface area contributed by atoms with E-state index in [4.69, 9.17) is 4.74 Å². The van der Waals surface area contributed by atoms with Crippen molar-refractivity contribution in [3.8, 4) is 0 Å². The van der Waals surface area contributed by atoms with E-state index in [1.807, 2.05) is 0 Å². The molecule has 0 aliphatic heterocycles. The molecule has 0 heterocycles. The van der Waals surface area contributed by atoms with Crippen molar-refractivity contribution >= 4 is 0 Å². The summed E-state index contributed by atoms with van der Waals surface area (Å²) >= 11 is 0. The summed E-state index contributed by atoms with van der Waals surface area (Å²) < 4.78 is 5.01. The molecule has 1 saturated carbocycles. The molecule has 0 saturated heterocycles. The van der Waals surface area contributed by atoms with Crippen molar-refractivity contribution in [3.05, 3.63) is 0 Å². The van der Waals surface area contributed by atoms with E-state index >= 15 is 0 Å². The summed E-state index contributed by atoms with van der Waals surface area (Å²) in [5, 5.41) is 3.41. The zero-order chi connectivity index (χ0) is 13.9. The molecule has 1 aliphatic rings. The minimum Gasteiger partial charge on any atom is -0.383 e. The van der Waals surface area contributed by atoms with Gasteiger partial charge in [0, 0.05) is 19.7 Å². The predicted octanol–water partition coefficient (Wildman–Crippen LogP) is 2.90. The largest absolute Gasteiger partial charge is 0.383 e. The number of rotatable bonds is 10. The highest BCUT2D eigenvalue weighted by molar-refractivity contribution is 4.77. The van der Waals surface area contributed by atoms with Gasteiger partial charge in [-0.2, -0.15) is 0 Å². The second-order valence-electron chi connectivity index (χ2n) is 6.01. The fourth-order valence-electron chi connectivity index (χ4n) is 3.09. The van der Waals surface area contributed by atoms with Crippen LogP contribution >= 0.6 is 0 Å². The smallest absolute Gasteiger partial charge is 0.0587 e. The predicted molar refractivity (Wildman–Crippen MR) is 82.6 cm³/mol. The average molecular weight is 270 g/mol. The van der Waals surface area contributed by atoms with Gasteiger partial charge in [-0.1, -0.05) is 13.3 Å². The summed E-state index contributed by atoms with van der Waals surface area (Å²) in [7, 11) is 4.07. The van der Waals surface area contributed by atoms with Crippen LogP contribution in [0.4, 0.5) is 0 Å². The minimum absolute atomic E-state index is 0.820. The van der Waals surface area contributed by atoms with E-state index in [1.165, 1.54) is 51.5 Å². The zero-order valence-electron chi connectivity index (χ0n) is 13.3. The minimum atomic E-state index is 0.820. The Morgan fingerprint density at radius 3 is 2.47 bits per heavy atom. The lowest BCUT2D eigenvalue weighted by Crippen LogP contribution is -2.36. The molecule has 0 amide bonds. The lowest BCUT2D eigenvalue weighted by molar-refractivity contribution is 0.161. The highest BCUT2D eigenvalue weighted by Gasteiger charge is 2.22. The van der Waals surface area contributed by atoms with Crippen LogP contribution in [0.25, 0.3) is 0 Å². The van der Waals surface area contributed by atoms with Crippen molar-refractivity contribution in [1.29, 1.82) is 0 Å². The number of nitrogens with one attached hydrogen (secondary N) is 1. The zero-order valence-corrected chi connectivity index (χ0v) is 13.3. The van der Waals surface area contributed by atoms with Gasteiger partial charge < -0.3 is 15.0 Å². The SMILES string of the molecule is CCC1CCC(N(C)CCCCNCCOC)CC1. The van der Waals surface area contributed by atoms with Crippen molar-refractivity contribution < 1.29 is 4.74 Å². The van der Waals surface area contributed by atoms with E-state index < -0.39 is 0 Å². The van der Waals surface area contributed by atoms with Gasteiger partial charge in [0.25, 0.3) is 0 Å². The third-order valence-corrected chi connectivity index (χ3v) is 4.61. The molecule has 0 aromatic rings. The maximum atomic E-state index is 5.01. The second-order valence-corrected chi connectivity index (χ2v) is 6.01. The van der Waals surface area contributed by atoms with E-state index in [0.717, 1.165) is 31.7 Å². The second kappa shape index (κ2) is 10.6. The van der Waals surface area contributed by atoms with Crippen LogP contribution in [0.5, 0.6) is 0 Å². The monoisotopic (exact) mass is 270 g/mol. The first-order valence-corrected chi connectivity index (χ1v) is 8.17. The average Bonchev–Trinajstić information content (AvgIpc) is 2.46. The van der Waals surface area contributed by atoms with Gasteiger partial charge in [-0.15, -0.1) is 0 Å². The molecular formula is C16H34N2O. The molecule has 1 N–H and O–H groups in total. The summed E-state index contributed by atoms with van der Waals surface area (Å²) in [6, 6.07) is 0.851. The normalized spacial score (nSPS) is 24.0. The van der Waals surface area contributed by atoms with E-state index in [2.05, 4.69) is 24.2 Å². The van der Waals surface area contributed by atoms with Crippen molar-refractivity contribution in [3.63, 3.8) is 0 Å². The Hall–Kier alpha value is -0.120. The molecule has 0 aromatic carbocycles. The summed E-state index contributed by atoms with van der Waals surface area (Å²) in [5.41, 5.74) is 0. The van der Waals surface area contributed by atoms with Crippen molar-refractivity contribution in [2.75, 3.05) is 40.4 Å². The fraction of sp³-hybridized carbons (Fsp3) is 1.00. The van der Waals surface area contributed by atoms with Gasteiger partial charge in [0.2, 0.25) is 0 Å². The number of methoxy groups -OCH3 is 1. The Bertz CT molecular complexity index is 203. The van der Waals surface area contributed by atoms with Gasteiger partial charge in [-0.25, -0.2) is 0 Å². The molecule has 0 atom stereocenters. The lowest BCUT2D eigenvalue weighted by Gasteiger charge is -2.34. The summed E-state index contributed by atoms with van der Waals surface area (Å²) in [4.78, 5) is 2.60. The van der Waals surface area contributed by atoms with Gasteiger partial charge in [0.05, 0.1) is 6.61 Å². The first-order chi connectivity index (χ1) is 9.27. The molecule has 0 spiro atoms. The van der Waals surface area contributed by atoms with Crippen LogP contribution in [-0.4, -0.2) is 51.3 Å². The Labute approximate surface area is 120 Å². The van der Waals surface area contributed by atoms with Gasteiger partial charge in [-0.3, -0.25) is 0 Å². The first kappa shape index (κ1) is 16.9. The first-order valence-electron chi connectivity index (χ1n) is 8.17. The summed E-state index contributed by atoms with van der Waals surface area (Å²) in [6.45, 7) is 6.52. The van der Waals surface area contributed by atoms with E-state index in [-0.39, 0.29) is 0 Å². The van der Waals surface area contributed by atoms with Crippen molar-refractivity contribution in [1.82, 2.24) is 10.2 Å². The molecule has 0 unspecified atom stereocenters. The molecule has 1 rings (SSSR count). The Balaban J connectivity index is 1.97. The molecule has 0 bridgehead atoms. The highest BCUT2D eigenvalue weighted by atomic mass is 16.5. The van der Waals surface area contributed by atoms with Crippen LogP contribution in [0.3, 0.4) is 0 Å². The van der Waals surface area contributed by atoms with Gasteiger partial charge in [-0.05, 0) is 64.6 Å². The number of ether oxygens (including phenoxy) is 1. The summed E-state index contributed by atoms with van der Waals surface area (Å²) in [6.07, 6.45) is 9.70. The number of nitrogens with zero attached hydrogens (tertiary/aromatic N) is 1. The quantitative estimate of drug-likeness (QED) is 0.618. The highest BCUT2D eigenvalue weighted by Crippen LogP contribution is 2.28. The third-order valence-electron chi connectivity index (χ3n) is 4.61. The Kier molecular flexibility index (Phi) is 9.48. The fourth-order valence-corrected chi connectivity index (χ4v) is 3.09. The van der Waals surface area contributed by atoms with Crippen LogP contribution < -0.4 is 5.32 Å². The van der Waals surface area contributed by atoms with Crippen LogP contribution in [0.1, 0.15) is 51.9 Å². The van der Waals surface area contributed by atoms with Crippen LogP contribution in [0, 0.1) is 5.92 Å². The molecule has 0 aromatic heterocycles. The summed E-state index contributed by atoms with van der Waals surface area (Å²) in [5.74, 6) is 1.01. The lowest BCUT2D eigenvalue weighted by atomic mass is 9.84. The van der Waals surface area contributed by atoms with Crippen LogP contribution in [0.2, 0.25) is 0 Å². The molecule has 1 aliphatic carbocycles. The maximum absolute atomic E-state index is 5.01. The Morgan fingerprint density at radius 1 is 1.11 bits per heavy atom. The van der Waals surface area contributed by atoms with E-state index in [0.29, 0.717) is 0 Å². The molecule has 114 valence electrons. The van der Waals surface area contributed by atoms with Gasteiger partial charge in [0.15, 0.2) is 0 Å². The van der Waals surface area contributed by atoms with Crippen LogP contribution in [-0.2, 0) is 4.74 Å². The standard InChI is InChI=1S/C16H34N2O/c1-4-15-7-9-16(10-8-15)18(2)13-6-5-11-17-12-14-19-3/h15-17H,4-14H2,1-3H3. The van der Waals surface area contributed by atoms with Crippen molar-refractivity contribution in [2.45, 2.75) is 57.9 Å². The number of hydrogen-bond donors (Lipinski definition) is 1. The molecule has 1 fully saturated rings. The number of unbranched alkanes of at least 4 members (excludes halogenated alkanes) is 1.